The van der Waals surface area contributed by atoms with Gasteiger partial charge in [0.05, 0.1) is 0 Å². The van der Waals surface area contributed by atoms with Gasteiger partial charge < -0.3 is 0 Å². The summed E-state index contributed by atoms with van der Waals surface area (Å²) in [6.45, 7) is 0. The third-order valence-corrected chi connectivity index (χ3v) is 2.08. The van der Waals surface area contributed by atoms with Gasteiger partial charge in [-0.05, 0) is 12.1 Å². The molecule has 0 aliphatic carbocycles. The SMILES string of the molecule is Fc1cc(Cl)ccc1C(Cl)(Cl)Cl. The first kappa shape index (κ1) is 10.4. The lowest BCUT2D eigenvalue weighted by Gasteiger charge is -2.11. The van der Waals surface area contributed by atoms with E-state index in [1.54, 1.807) is 0 Å². The number of hydrogen-bond donors (Lipinski definition) is 0. The van der Waals surface area contributed by atoms with Crippen LogP contribution >= 0.6 is 46.4 Å². The molecule has 0 aliphatic rings. The zero-order valence-corrected chi connectivity index (χ0v) is 8.65. The van der Waals surface area contributed by atoms with E-state index in [1.165, 1.54) is 12.1 Å². The minimum atomic E-state index is -1.74. The molecule has 5 heteroatoms. The molecule has 0 aromatic heterocycles. The summed E-state index contributed by atoms with van der Waals surface area (Å²) in [6, 6.07) is 3.89. The second kappa shape index (κ2) is 3.59. The van der Waals surface area contributed by atoms with Crippen LogP contribution in [0, 0.1) is 5.82 Å². The zero-order valence-electron chi connectivity index (χ0n) is 5.62. The summed E-state index contributed by atoms with van der Waals surface area (Å²) in [5, 5.41) is 0.269. The summed E-state index contributed by atoms with van der Waals surface area (Å²) in [6.07, 6.45) is 0. The predicted octanol–water partition coefficient (Wildman–Crippen LogP) is 4.31. The zero-order chi connectivity index (χ0) is 9.35. The molecule has 0 saturated heterocycles. The second-order valence-corrected chi connectivity index (χ2v) is 4.84. The molecule has 0 N–H and O–H groups in total. The summed E-state index contributed by atoms with van der Waals surface area (Å²) in [5.41, 5.74) is -0.00287. The molecule has 0 aliphatic heterocycles. The van der Waals surface area contributed by atoms with E-state index < -0.39 is 9.61 Å². The Morgan fingerprint density at radius 1 is 1.17 bits per heavy atom. The monoisotopic (exact) mass is 246 g/mol. The molecule has 66 valence electrons. The number of halogens is 5. The average molecular weight is 248 g/mol. The third kappa shape index (κ3) is 2.40. The van der Waals surface area contributed by atoms with Gasteiger partial charge in [0.1, 0.15) is 5.82 Å². The fraction of sp³-hybridized carbons (Fsp3) is 0.143. The fourth-order valence-corrected chi connectivity index (χ4v) is 1.34. The summed E-state index contributed by atoms with van der Waals surface area (Å²) in [7, 11) is 0. The Kier molecular flexibility index (Phi) is 3.11. The van der Waals surface area contributed by atoms with Gasteiger partial charge in [-0.2, -0.15) is 0 Å². The van der Waals surface area contributed by atoms with Crippen LogP contribution in [0.25, 0.3) is 0 Å². The van der Waals surface area contributed by atoms with Crippen molar-refractivity contribution in [2.45, 2.75) is 3.79 Å². The first-order valence-electron chi connectivity index (χ1n) is 2.93. The molecule has 0 atom stereocenters. The summed E-state index contributed by atoms with van der Waals surface area (Å²) < 4.78 is 11.3. The van der Waals surface area contributed by atoms with Crippen molar-refractivity contribution in [3.63, 3.8) is 0 Å². The van der Waals surface area contributed by atoms with Crippen LogP contribution in [0.2, 0.25) is 5.02 Å². The summed E-state index contributed by atoms with van der Waals surface area (Å²) in [4.78, 5) is 0. The van der Waals surface area contributed by atoms with E-state index in [0.717, 1.165) is 6.07 Å². The summed E-state index contributed by atoms with van der Waals surface area (Å²) >= 11 is 21.9. The third-order valence-electron chi connectivity index (χ3n) is 1.24. The Morgan fingerprint density at radius 2 is 1.75 bits per heavy atom. The Hall–Kier alpha value is 0.310. The largest absolute Gasteiger partial charge is 0.218 e. The Balaban J connectivity index is 3.19. The van der Waals surface area contributed by atoms with E-state index in [1.807, 2.05) is 0 Å². The van der Waals surface area contributed by atoms with Gasteiger partial charge in [-0.15, -0.1) is 0 Å². The van der Waals surface area contributed by atoms with E-state index >= 15 is 0 Å². The minimum absolute atomic E-state index is 0.00287. The van der Waals surface area contributed by atoms with E-state index in [4.69, 9.17) is 46.4 Å². The van der Waals surface area contributed by atoms with Crippen LogP contribution < -0.4 is 0 Å². The van der Waals surface area contributed by atoms with Gasteiger partial charge in [0.15, 0.2) is 0 Å². The predicted molar refractivity (Wildman–Crippen MR) is 50.6 cm³/mol. The van der Waals surface area contributed by atoms with Crippen molar-refractivity contribution in [1.29, 1.82) is 0 Å². The fourth-order valence-electron chi connectivity index (χ4n) is 0.719. The highest BCUT2D eigenvalue weighted by molar-refractivity contribution is 6.66. The Labute approximate surface area is 89.2 Å². The van der Waals surface area contributed by atoms with Gasteiger partial charge in [-0.25, -0.2) is 4.39 Å². The highest BCUT2D eigenvalue weighted by Gasteiger charge is 2.26. The Morgan fingerprint density at radius 3 is 2.17 bits per heavy atom. The molecular weight excluding hydrogens is 245 g/mol. The van der Waals surface area contributed by atoms with Gasteiger partial charge in [-0.3, -0.25) is 0 Å². The molecule has 0 nitrogen and oxygen atoms in total. The standard InChI is InChI=1S/C7H3Cl4F/c8-4-1-2-5(6(12)3-4)7(9,10)11/h1-3H. The highest BCUT2D eigenvalue weighted by Crippen LogP contribution is 2.39. The molecular formula is C7H3Cl4F. The van der Waals surface area contributed by atoms with E-state index in [9.17, 15) is 4.39 Å². The van der Waals surface area contributed by atoms with Crippen molar-refractivity contribution < 1.29 is 4.39 Å². The van der Waals surface area contributed by atoms with Gasteiger partial charge in [0.2, 0.25) is 3.79 Å². The molecule has 12 heavy (non-hydrogen) atoms. The lowest BCUT2D eigenvalue weighted by atomic mass is 10.2. The molecule has 0 bridgehead atoms. The molecule has 0 saturated carbocycles. The number of alkyl halides is 3. The van der Waals surface area contributed by atoms with Crippen LogP contribution in [0.5, 0.6) is 0 Å². The van der Waals surface area contributed by atoms with Gasteiger partial charge in [0.25, 0.3) is 0 Å². The Bertz CT molecular complexity index is 292. The summed E-state index contributed by atoms with van der Waals surface area (Å²) in [5.74, 6) is -0.623. The molecule has 0 heterocycles. The van der Waals surface area contributed by atoms with Crippen molar-refractivity contribution in [1.82, 2.24) is 0 Å². The lowest BCUT2D eigenvalue weighted by molar-refractivity contribution is 0.613. The quantitative estimate of drug-likeness (QED) is 0.600. The molecule has 1 aromatic rings. The first-order chi connectivity index (χ1) is 5.41. The topological polar surface area (TPSA) is 0 Å². The molecule has 1 aromatic carbocycles. The van der Waals surface area contributed by atoms with Crippen molar-refractivity contribution in [3.8, 4) is 0 Å². The molecule has 0 spiro atoms. The van der Waals surface area contributed by atoms with Crippen molar-refractivity contribution in [3.05, 3.63) is 34.6 Å². The van der Waals surface area contributed by atoms with Crippen LogP contribution in [-0.4, -0.2) is 0 Å². The maximum absolute atomic E-state index is 13.0. The molecule has 1 rings (SSSR count). The van der Waals surface area contributed by atoms with Crippen LogP contribution in [-0.2, 0) is 3.79 Å². The number of hydrogen-bond acceptors (Lipinski definition) is 0. The second-order valence-electron chi connectivity index (χ2n) is 2.12. The van der Waals surface area contributed by atoms with Crippen molar-refractivity contribution >= 4 is 46.4 Å². The molecule has 0 amide bonds. The van der Waals surface area contributed by atoms with Crippen molar-refractivity contribution in [2.75, 3.05) is 0 Å². The van der Waals surface area contributed by atoms with Crippen LogP contribution in [0.15, 0.2) is 18.2 Å². The number of rotatable bonds is 0. The van der Waals surface area contributed by atoms with Crippen LogP contribution in [0.1, 0.15) is 5.56 Å². The van der Waals surface area contributed by atoms with E-state index in [2.05, 4.69) is 0 Å². The number of benzene rings is 1. The first-order valence-corrected chi connectivity index (χ1v) is 4.44. The smallest absolute Gasteiger partial charge is 0.206 e. The minimum Gasteiger partial charge on any atom is -0.206 e. The maximum Gasteiger partial charge on any atom is 0.218 e. The van der Waals surface area contributed by atoms with Crippen LogP contribution in [0.3, 0.4) is 0 Å². The van der Waals surface area contributed by atoms with E-state index in [0.29, 0.717) is 0 Å². The van der Waals surface area contributed by atoms with E-state index in [-0.39, 0.29) is 10.6 Å². The van der Waals surface area contributed by atoms with Crippen LogP contribution in [0.4, 0.5) is 4.39 Å². The molecule has 0 fully saturated rings. The van der Waals surface area contributed by atoms with Gasteiger partial charge in [0, 0.05) is 10.6 Å². The van der Waals surface area contributed by atoms with Gasteiger partial charge >= 0.3 is 0 Å². The lowest BCUT2D eigenvalue weighted by Crippen LogP contribution is -2.03. The molecule has 0 unspecified atom stereocenters. The normalized spacial score (nSPS) is 11.8. The molecule has 0 radical (unpaired) electrons. The van der Waals surface area contributed by atoms with Gasteiger partial charge in [-0.1, -0.05) is 52.5 Å². The average Bonchev–Trinajstić information content (AvgIpc) is 1.83. The van der Waals surface area contributed by atoms with Crippen molar-refractivity contribution in [2.24, 2.45) is 0 Å². The maximum atomic E-state index is 13.0. The highest BCUT2D eigenvalue weighted by atomic mass is 35.6.